The van der Waals surface area contributed by atoms with Crippen molar-refractivity contribution in [2.75, 3.05) is 19.6 Å². The van der Waals surface area contributed by atoms with Gasteiger partial charge in [-0.3, -0.25) is 4.90 Å². The normalized spacial score (nSPS) is 20.0. The van der Waals surface area contributed by atoms with E-state index in [0.717, 1.165) is 37.1 Å². The third kappa shape index (κ3) is 4.03. The van der Waals surface area contributed by atoms with Crippen LogP contribution < -0.4 is 0 Å². The lowest BCUT2D eigenvalue weighted by Gasteiger charge is -2.33. The minimum Gasteiger partial charge on any atom is -0.294 e. The maximum atomic E-state index is 13.2. The first-order valence-electron chi connectivity index (χ1n) is 10.7. The van der Waals surface area contributed by atoms with Gasteiger partial charge in [-0.2, -0.15) is 4.31 Å². The molecule has 5 rings (SSSR count). The summed E-state index contributed by atoms with van der Waals surface area (Å²) in [7, 11) is -3.53. The lowest BCUT2D eigenvalue weighted by molar-refractivity contribution is 0.185. The number of rotatable bonds is 4. The van der Waals surface area contributed by atoms with Crippen molar-refractivity contribution >= 4 is 10.0 Å². The van der Waals surface area contributed by atoms with Crippen molar-refractivity contribution in [3.05, 3.63) is 89.7 Å². The molecule has 0 aliphatic carbocycles. The summed E-state index contributed by atoms with van der Waals surface area (Å²) in [6, 6.07) is 21.8. The first-order chi connectivity index (χ1) is 15.0. The first kappa shape index (κ1) is 20.4. The summed E-state index contributed by atoms with van der Waals surface area (Å²) in [6.07, 6.45) is 1.87. The van der Waals surface area contributed by atoms with Crippen LogP contribution in [0.3, 0.4) is 0 Å². The van der Waals surface area contributed by atoms with Crippen LogP contribution in [0.2, 0.25) is 0 Å². The highest BCUT2D eigenvalue weighted by molar-refractivity contribution is 7.89. The zero-order valence-corrected chi connectivity index (χ0v) is 18.1. The van der Waals surface area contributed by atoms with Crippen LogP contribution in [0.25, 0.3) is 11.1 Å². The standard InChI is InChI=1S/C25H25FN2O2S/c26-23-9-5-20(6-10-23)21-7-11-25(12-8-21)31(29,30)28-16-14-24(18-28)27-15-13-19-3-1-2-4-22(19)17-27/h1-12,24H,13-18H2. The van der Waals surface area contributed by atoms with E-state index in [4.69, 9.17) is 0 Å². The second-order valence-electron chi connectivity index (χ2n) is 8.33. The minimum absolute atomic E-state index is 0.251. The summed E-state index contributed by atoms with van der Waals surface area (Å²) >= 11 is 0. The van der Waals surface area contributed by atoms with Crippen molar-refractivity contribution < 1.29 is 12.8 Å². The first-order valence-corrected chi connectivity index (χ1v) is 12.1. The van der Waals surface area contributed by atoms with Crippen LogP contribution in [0.4, 0.5) is 4.39 Å². The van der Waals surface area contributed by atoms with E-state index in [2.05, 4.69) is 29.2 Å². The van der Waals surface area contributed by atoms with Crippen LogP contribution >= 0.6 is 0 Å². The molecule has 160 valence electrons. The molecule has 0 amide bonds. The highest BCUT2D eigenvalue weighted by Crippen LogP contribution is 2.29. The Morgan fingerprint density at radius 1 is 0.806 bits per heavy atom. The van der Waals surface area contributed by atoms with Crippen LogP contribution in [0.1, 0.15) is 17.5 Å². The molecule has 1 atom stereocenters. The third-order valence-electron chi connectivity index (χ3n) is 6.47. The second-order valence-corrected chi connectivity index (χ2v) is 10.3. The van der Waals surface area contributed by atoms with Crippen molar-refractivity contribution in [3.8, 4) is 11.1 Å². The van der Waals surface area contributed by atoms with E-state index >= 15 is 0 Å². The topological polar surface area (TPSA) is 40.6 Å². The lowest BCUT2D eigenvalue weighted by Crippen LogP contribution is -2.41. The lowest BCUT2D eigenvalue weighted by atomic mass is 9.98. The van der Waals surface area contributed by atoms with Gasteiger partial charge in [-0.25, -0.2) is 12.8 Å². The van der Waals surface area contributed by atoms with Crippen molar-refractivity contribution in [1.29, 1.82) is 0 Å². The molecule has 0 bridgehead atoms. The fraction of sp³-hybridized carbons (Fsp3) is 0.280. The maximum absolute atomic E-state index is 13.2. The van der Waals surface area contributed by atoms with Crippen molar-refractivity contribution in [2.45, 2.75) is 30.3 Å². The van der Waals surface area contributed by atoms with Gasteiger partial charge in [0, 0.05) is 32.2 Å². The molecule has 2 aliphatic rings. The Balaban J connectivity index is 1.29. The summed E-state index contributed by atoms with van der Waals surface area (Å²) in [6.45, 7) is 2.94. The van der Waals surface area contributed by atoms with Gasteiger partial charge in [0.05, 0.1) is 4.90 Å². The van der Waals surface area contributed by atoms with Gasteiger partial charge >= 0.3 is 0 Å². The molecule has 0 aromatic heterocycles. The molecule has 3 aromatic carbocycles. The number of halogens is 1. The molecule has 4 nitrogen and oxygen atoms in total. The predicted octanol–water partition coefficient (Wildman–Crippen LogP) is 4.31. The van der Waals surface area contributed by atoms with E-state index in [0.29, 0.717) is 18.0 Å². The number of hydrogen-bond acceptors (Lipinski definition) is 3. The fourth-order valence-corrected chi connectivity index (χ4v) is 6.16. The zero-order chi connectivity index (χ0) is 21.4. The van der Waals surface area contributed by atoms with Crippen molar-refractivity contribution in [3.63, 3.8) is 0 Å². The molecule has 1 saturated heterocycles. The highest BCUT2D eigenvalue weighted by atomic mass is 32.2. The molecular formula is C25H25FN2O2S. The molecule has 2 heterocycles. The van der Waals surface area contributed by atoms with Gasteiger partial charge in [-0.05, 0) is 59.4 Å². The molecular weight excluding hydrogens is 411 g/mol. The van der Waals surface area contributed by atoms with E-state index in [-0.39, 0.29) is 11.9 Å². The average molecular weight is 437 g/mol. The largest absolute Gasteiger partial charge is 0.294 e. The SMILES string of the molecule is O=S(=O)(c1ccc(-c2ccc(F)cc2)cc1)N1CCC(N2CCc3ccccc3C2)C1. The smallest absolute Gasteiger partial charge is 0.243 e. The van der Waals surface area contributed by atoms with Gasteiger partial charge in [0.1, 0.15) is 5.82 Å². The van der Waals surface area contributed by atoms with Gasteiger partial charge in [-0.15, -0.1) is 0 Å². The van der Waals surface area contributed by atoms with Crippen molar-refractivity contribution in [2.24, 2.45) is 0 Å². The Hall–Kier alpha value is -2.54. The Kier molecular flexibility index (Phi) is 5.38. The summed E-state index contributed by atoms with van der Waals surface area (Å²) in [5, 5.41) is 0. The molecule has 1 fully saturated rings. The molecule has 3 aromatic rings. The zero-order valence-electron chi connectivity index (χ0n) is 17.2. The molecule has 1 unspecified atom stereocenters. The minimum atomic E-state index is -3.53. The quantitative estimate of drug-likeness (QED) is 0.612. The molecule has 0 radical (unpaired) electrons. The van der Waals surface area contributed by atoms with Crippen LogP contribution in [-0.4, -0.2) is 43.3 Å². The Morgan fingerprint density at radius 3 is 2.16 bits per heavy atom. The van der Waals surface area contributed by atoms with E-state index < -0.39 is 10.0 Å². The monoisotopic (exact) mass is 436 g/mol. The van der Waals surface area contributed by atoms with Gasteiger partial charge in [-0.1, -0.05) is 48.5 Å². The highest BCUT2D eigenvalue weighted by Gasteiger charge is 2.36. The fourth-order valence-electron chi connectivity index (χ4n) is 4.67. The van der Waals surface area contributed by atoms with E-state index in [1.807, 2.05) is 0 Å². The average Bonchev–Trinajstić information content (AvgIpc) is 3.31. The third-order valence-corrected chi connectivity index (χ3v) is 8.35. The van der Waals surface area contributed by atoms with Crippen molar-refractivity contribution in [1.82, 2.24) is 9.21 Å². The number of sulfonamides is 1. The van der Waals surface area contributed by atoms with Crippen LogP contribution in [0, 0.1) is 5.82 Å². The Labute approximate surface area is 183 Å². The molecule has 31 heavy (non-hydrogen) atoms. The Morgan fingerprint density at radius 2 is 1.45 bits per heavy atom. The van der Waals surface area contributed by atoms with Gasteiger partial charge in [0.25, 0.3) is 0 Å². The van der Waals surface area contributed by atoms with Crippen LogP contribution in [-0.2, 0) is 23.0 Å². The summed E-state index contributed by atoms with van der Waals surface area (Å²) in [5.74, 6) is -0.288. The summed E-state index contributed by atoms with van der Waals surface area (Å²) in [5.41, 5.74) is 4.48. The van der Waals surface area contributed by atoms with Gasteiger partial charge in [0.2, 0.25) is 10.0 Å². The molecule has 0 saturated carbocycles. The summed E-state index contributed by atoms with van der Waals surface area (Å²) in [4.78, 5) is 2.73. The van der Waals surface area contributed by atoms with E-state index in [1.54, 1.807) is 40.7 Å². The maximum Gasteiger partial charge on any atom is 0.243 e. The van der Waals surface area contributed by atoms with E-state index in [1.165, 1.54) is 23.3 Å². The van der Waals surface area contributed by atoms with Crippen LogP contribution in [0.15, 0.2) is 77.7 Å². The van der Waals surface area contributed by atoms with E-state index in [9.17, 15) is 12.8 Å². The number of hydrogen-bond donors (Lipinski definition) is 0. The predicted molar refractivity (Wildman–Crippen MR) is 120 cm³/mol. The molecule has 0 N–H and O–H groups in total. The molecule has 0 spiro atoms. The van der Waals surface area contributed by atoms with Gasteiger partial charge in [0.15, 0.2) is 0 Å². The molecule has 2 aliphatic heterocycles. The van der Waals surface area contributed by atoms with Crippen LogP contribution in [0.5, 0.6) is 0 Å². The Bertz CT molecular complexity index is 1180. The molecule has 6 heteroatoms. The summed E-state index contributed by atoms with van der Waals surface area (Å²) < 4.78 is 41.2. The second kappa shape index (κ2) is 8.19. The number of nitrogens with zero attached hydrogens (tertiary/aromatic N) is 2. The number of fused-ring (bicyclic) bond motifs is 1. The number of benzene rings is 3. The van der Waals surface area contributed by atoms with Gasteiger partial charge < -0.3 is 0 Å².